The summed E-state index contributed by atoms with van der Waals surface area (Å²) in [5, 5.41) is 5.47. The van der Waals surface area contributed by atoms with Gasteiger partial charge in [0.15, 0.2) is 0 Å². The topological polar surface area (TPSA) is 184 Å². The zero-order valence-electron chi connectivity index (χ0n) is 35.7. The molecule has 63 heavy (non-hydrogen) atoms. The highest BCUT2D eigenvalue weighted by molar-refractivity contribution is 5.88. The van der Waals surface area contributed by atoms with Crippen molar-refractivity contribution in [3.05, 3.63) is 131 Å². The number of benzene rings is 3. The average molecular weight is 855 g/mol. The lowest BCUT2D eigenvalue weighted by Gasteiger charge is -2.53. The van der Waals surface area contributed by atoms with Crippen molar-refractivity contribution in [2.24, 2.45) is 0 Å². The number of hydrogen-bond acceptors (Lipinski definition) is 9. The average Bonchev–Trinajstić information content (AvgIpc) is 4.16. The minimum atomic E-state index is -0.930. The van der Waals surface area contributed by atoms with Gasteiger partial charge in [-0.2, -0.15) is 0 Å². The minimum Gasteiger partial charge on any atom is -0.453 e. The summed E-state index contributed by atoms with van der Waals surface area (Å²) in [7, 11) is 2.57. The van der Waals surface area contributed by atoms with Crippen molar-refractivity contribution in [1.29, 1.82) is 0 Å². The molecule has 2 saturated heterocycles. The number of fused-ring (bicyclic) bond motifs is 3. The molecule has 0 radical (unpaired) electrons. The number of hydrogen-bond donors (Lipinski definition) is 4. The number of carbonyl (C=O) groups is 4. The molecule has 5 fully saturated rings. The third-order valence-electron chi connectivity index (χ3n) is 14.1. The SMILES string of the molecule is COC(=O)N[C@@H](C(=O)N1CCOC[C@H]1c1ncc(-c2ccc(C34CCC(c5cnc([C@@H]6CCCN6C(=O)[C@H](NC(=O)OC)c6ccccc6)[nH]5)(CC3)CC4)cc2)[nH]1)c1ccccc1. The monoisotopic (exact) mass is 854 g/mol. The minimum absolute atomic E-state index is 0.0142. The molecule has 3 saturated carbocycles. The lowest BCUT2D eigenvalue weighted by Crippen LogP contribution is -2.49. The maximum Gasteiger partial charge on any atom is 0.407 e. The van der Waals surface area contributed by atoms with Crippen molar-refractivity contribution in [2.45, 2.75) is 86.4 Å². The van der Waals surface area contributed by atoms with Gasteiger partial charge in [0.1, 0.15) is 29.8 Å². The van der Waals surface area contributed by atoms with E-state index in [0.29, 0.717) is 36.6 Å². The number of imidazole rings is 2. The predicted octanol–water partition coefficient (Wildman–Crippen LogP) is 7.10. The molecule has 10 rings (SSSR count). The smallest absolute Gasteiger partial charge is 0.407 e. The van der Waals surface area contributed by atoms with Gasteiger partial charge in [-0.1, -0.05) is 84.9 Å². The van der Waals surface area contributed by atoms with Crippen LogP contribution in [0.25, 0.3) is 11.3 Å². The van der Waals surface area contributed by atoms with E-state index in [0.717, 1.165) is 74.1 Å². The Kier molecular flexibility index (Phi) is 11.8. The molecule has 2 aromatic heterocycles. The Bertz CT molecular complexity index is 2390. The Labute approximate surface area is 366 Å². The number of amides is 4. The molecule has 5 aliphatic rings. The van der Waals surface area contributed by atoms with Gasteiger partial charge in [-0.15, -0.1) is 0 Å². The van der Waals surface area contributed by atoms with Crippen LogP contribution in [0.5, 0.6) is 0 Å². The van der Waals surface area contributed by atoms with Crippen LogP contribution in [0.15, 0.2) is 97.3 Å². The largest absolute Gasteiger partial charge is 0.453 e. The van der Waals surface area contributed by atoms with Crippen molar-refractivity contribution in [2.75, 3.05) is 40.5 Å². The number of ether oxygens (including phenoxy) is 3. The second kappa shape index (κ2) is 17.7. The quantitative estimate of drug-likeness (QED) is 0.108. The van der Waals surface area contributed by atoms with E-state index in [4.69, 9.17) is 24.2 Å². The summed E-state index contributed by atoms with van der Waals surface area (Å²) in [6.07, 6.45) is 10.5. The summed E-state index contributed by atoms with van der Waals surface area (Å²) in [5.41, 5.74) is 5.82. The van der Waals surface area contributed by atoms with Gasteiger partial charge >= 0.3 is 12.2 Å². The first kappa shape index (κ1) is 41.9. The summed E-state index contributed by atoms with van der Waals surface area (Å²) in [6, 6.07) is 24.8. The molecule has 2 bridgehead atoms. The number of alkyl carbamates (subject to hydrolysis) is 2. The summed E-state index contributed by atoms with van der Waals surface area (Å²) in [6.45, 7) is 1.57. The molecule has 4 heterocycles. The zero-order chi connectivity index (χ0) is 43.6. The third kappa shape index (κ3) is 8.17. The third-order valence-corrected chi connectivity index (χ3v) is 14.1. The van der Waals surface area contributed by atoms with Gasteiger partial charge in [0.25, 0.3) is 11.8 Å². The molecule has 0 unspecified atom stereocenters. The van der Waals surface area contributed by atoms with Gasteiger partial charge in [-0.3, -0.25) is 9.59 Å². The molecule has 15 nitrogen and oxygen atoms in total. The van der Waals surface area contributed by atoms with Gasteiger partial charge in [0.05, 0.1) is 45.4 Å². The van der Waals surface area contributed by atoms with E-state index in [9.17, 15) is 19.2 Å². The summed E-state index contributed by atoms with van der Waals surface area (Å²) in [4.78, 5) is 73.1. The summed E-state index contributed by atoms with van der Waals surface area (Å²) < 4.78 is 15.6. The van der Waals surface area contributed by atoms with Crippen LogP contribution in [0.3, 0.4) is 0 Å². The number of nitrogens with zero attached hydrogens (tertiary/aromatic N) is 4. The lowest BCUT2D eigenvalue weighted by atomic mass is 9.51. The second-order valence-corrected chi connectivity index (χ2v) is 17.3. The number of aromatic amines is 2. The highest BCUT2D eigenvalue weighted by Crippen LogP contribution is 2.58. The highest BCUT2D eigenvalue weighted by Gasteiger charge is 2.51. The first-order valence-electron chi connectivity index (χ1n) is 21.9. The number of H-pyrrole nitrogens is 2. The van der Waals surface area contributed by atoms with Gasteiger partial charge < -0.3 is 44.6 Å². The van der Waals surface area contributed by atoms with Gasteiger partial charge in [-0.05, 0) is 79.0 Å². The molecule has 328 valence electrons. The number of nitrogens with one attached hydrogen (secondary N) is 4. The van der Waals surface area contributed by atoms with Crippen LogP contribution in [0.4, 0.5) is 9.59 Å². The Morgan fingerprint density at radius 3 is 1.81 bits per heavy atom. The van der Waals surface area contributed by atoms with Crippen LogP contribution in [0, 0.1) is 0 Å². The highest BCUT2D eigenvalue weighted by atomic mass is 16.5. The number of methoxy groups -OCH3 is 2. The first-order chi connectivity index (χ1) is 30.7. The predicted molar refractivity (Wildman–Crippen MR) is 232 cm³/mol. The van der Waals surface area contributed by atoms with Crippen LogP contribution in [0.2, 0.25) is 0 Å². The van der Waals surface area contributed by atoms with Crippen LogP contribution >= 0.6 is 0 Å². The molecule has 2 aliphatic heterocycles. The Hall–Kier alpha value is -6.48. The summed E-state index contributed by atoms with van der Waals surface area (Å²) in [5.74, 6) is 0.972. The van der Waals surface area contributed by atoms with Crippen LogP contribution in [0.1, 0.15) is 110 Å². The standard InChI is InChI=1S/C48H54N8O7/c1-61-45(59)53-39(32-10-5-3-6-11-32)43(57)55-25-9-14-36(55)41-50-29-38(52-41)48-22-19-47(20-23-48,21-24-48)34-17-15-31(16-18-34)35-28-49-42(51-35)37-30-63-27-26-56(37)44(58)40(54-46(60)62-2)33-12-7-4-8-13-33/h3-8,10-13,15-18,28-29,36-37,39-40H,9,14,19-27,30H2,1-2H3,(H,49,51)(H,50,52)(H,53,59)(H,54,60)/t36-,37-,39+,40+,47?,48?/m0/s1. The van der Waals surface area contributed by atoms with E-state index < -0.39 is 30.3 Å². The van der Waals surface area contributed by atoms with Crippen molar-refractivity contribution in [1.82, 2.24) is 40.4 Å². The normalized spacial score (nSPS) is 24.0. The second-order valence-electron chi connectivity index (χ2n) is 17.3. The Balaban J connectivity index is 0.859. The van der Waals surface area contributed by atoms with E-state index in [-0.39, 0.29) is 35.3 Å². The zero-order valence-corrected chi connectivity index (χ0v) is 35.7. The van der Waals surface area contributed by atoms with E-state index in [1.165, 1.54) is 19.8 Å². The van der Waals surface area contributed by atoms with Crippen molar-refractivity contribution < 1.29 is 33.4 Å². The van der Waals surface area contributed by atoms with E-state index in [1.807, 2.05) is 71.8 Å². The maximum atomic E-state index is 14.1. The molecule has 4 amide bonds. The van der Waals surface area contributed by atoms with Crippen molar-refractivity contribution >= 4 is 24.0 Å². The number of likely N-dealkylation sites (tertiary alicyclic amines) is 1. The van der Waals surface area contributed by atoms with Gasteiger partial charge in [0.2, 0.25) is 0 Å². The first-order valence-corrected chi connectivity index (χ1v) is 21.9. The molecule has 3 aliphatic carbocycles. The molecule has 15 heteroatoms. The fourth-order valence-electron chi connectivity index (χ4n) is 10.4. The maximum absolute atomic E-state index is 14.1. The fraction of sp³-hybridized carbons (Fsp3) is 0.417. The molecule has 5 aromatic rings. The van der Waals surface area contributed by atoms with Crippen molar-refractivity contribution in [3.63, 3.8) is 0 Å². The van der Waals surface area contributed by atoms with E-state index in [2.05, 4.69) is 44.9 Å². The molecular weight excluding hydrogens is 801 g/mol. The number of carbonyl (C=O) groups excluding carboxylic acids is 4. The molecule has 4 N–H and O–H groups in total. The fourth-order valence-corrected chi connectivity index (χ4v) is 10.4. The number of aromatic nitrogens is 4. The molecular formula is C48H54N8O7. The Morgan fingerprint density at radius 2 is 1.22 bits per heavy atom. The van der Waals surface area contributed by atoms with Gasteiger partial charge in [-0.25, -0.2) is 19.6 Å². The molecule has 0 spiro atoms. The van der Waals surface area contributed by atoms with E-state index in [1.54, 1.807) is 11.1 Å². The summed E-state index contributed by atoms with van der Waals surface area (Å²) >= 11 is 0. The molecule has 3 aromatic carbocycles. The van der Waals surface area contributed by atoms with Gasteiger partial charge in [0, 0.05) is 30.4 Å². The molecule has 4 atom stereocenters. The number of rotatable bonds is 11. The lowest BCUT2D eigenvalue weighted by molar-refractivity contribution is -0.143. The van der Waals surface area contributed by atoms with Crippen molar-refractivity contribution in [3.8, 4) is 11.3 Å². The number of morpholine rings is 1. The van der Waals surface area contributed by atoms with Crippen LogP contribution < -0.4 is 10.6 Å². The van der Waals surface area contributed by atoms with Crippen LogP contribution in [-0.2, 0) is 34.6 Å². The van der Waals surface area contributed by atoms with Crippen LogP contribution in [-0.4, -0.2) is 94.3 Å². The Morgan fingerprint density at radius 1 is 0.683 bits per heavy atom. The van der Waals surface area contributed by atoms with E-state index >= 15 is 0 Å².